The number of hydrogen-bond acceptors (Lipinski definition) is 4. The number of benzene rings is 2. The molecule has 0 saturated heterocycles. The van der Waals surface area contributed by atoms with Crippen LogP contribution in [0.15, 0.2) is 42.5 Å². The van der Waals surface area contributed by atoms with Crippen molar-refractivity contribution < 1.29 is 19.1 Å². The van der Waals surface area contributed by atoms with Gasteiger partial charge in [0.05, 0.1) is 6.42 Å². The van der Waals surface area contributed by atoms with Crippen molar-refractivity contribution in [1.29, 1.82) is 0 Å². The van der Waals surface area contributed by atoms with E-state index in [0.29, 0.717) is 0 Å². The minimum atomic E-state index is -0.643. The summed E-state index contributed by atoms with van der Waals surface area (Å²) in [5.74, 6) is -1.27. The maximum Gasteiger partial charge on any atom is 0.325 e. The van der Waals surface area contributed by atoms with E-state index in [1.807, 2.05) is 56.3 Å². The molecule has 6 heteroatoms. The number of carbonyl (C=O) groups excluding carboxylic acids is 3. The summed E-state index contributed by atoms with van der Waals surface area (Å²) >= 11 is 0. The lowest BCUT2D eigenvalue weighted by atomic mass is 10.0. The molecule has 0 aromatic heterocycles. The normalized spacial score (nSPS) is 11.6. The molecule has 0 unspecified atom stereocenters. The summed E-state index contributed by atoms with van der Waals surface area (Å²) in [5, 5.41) is 7.29. The van der Waals surface area contributed by atoms with Crippen molar-refractivity contribution in [2.24, 2.45) is 0 Å². The Kier molecular flexibility index (Phi) is 7.14. The minimum Gasteiger partial charge on any atom is -0.454 e. The Morgan fingerprint density at radius 2 is 1.77 bits per heavy atom. The van der Waals surface area contributed by atoms with Crippen LogP contribution in [0.2, 0.25) is 0 Å². The van der Waals surface area contributed by atoms with E-state index in [-0.39, 0.29) is 37.4 Å². The van der Waals surface area contributed by atoms with Crippen LogP contribution < -0.4 is 10.6 Å². The molecule has 0 heterocycles. The van der Waals surface area contributed by atoms with Gasteiger partial charge in [-0.25, -0.2) is 0 Å². The van der Waals surface area contributed by atoms with E-state index in [2.05, 4.69) is 10.6 Å². The van der Waals surface area contributed by atoms with Gasteiger partial charge in [0.2, 0.25) is 5.91 Å². The third-order valence-corrected chi connectivity index (χ3v) is 4.04. The molecule has 2 rings (SSSR count). The number of fused-ring (bicyclic) bond motifs is 1. The van der Waals surface area contributed by atoms with Gasteiger partial charge in [0.1, 0.15) is 6.54 Å². The number of carbonyl (C=O) groups is 3. The van der Waals surface area contributed by atoms with E-state index in [4.69, 9.17) is 4.74 Å². The van der Waals surface area contributed by atoms with Crippen LogP contribution in [0.3, 0.4) is 0 Å². The Labute approximate surface area is 152 Å². The molecule has 138 valence electrons. The lowest BCUT2D eigenvalue weighted by molar-refractivity contribution is -0.148. The van der Waals surface area contributed by atoms with Gasteiger partial charge in [0.15, 0.2) is 6.61 Å². The first-order valence-corrected chi connectivity index (χ1v) is 8.68. The molecule has 2 aromatic carbocycles. The van der Waals surface area contributed by atoms with Gasteiger partial charge < -0.3 is 15.4 Å². The molecule has 2 N–H and O–H groups in total. The van der Waals surface area contributed by atoms with E-state index < -0.39 is 5.97 Å². The summed E-state index contributed by atoms with van der Waals surface area (Å²) in [6.45, 7) is 3.21. The molecular formula is C20H24N2O4. The van der Waals surface area contributed by atoms with E-state index in [1.54, 1.807) is 0 Å². The smallest absolute Gasteiger partial charge is 0.325 e. The Bertz CT molecular complexity index is 783. The number of hydrogen-bond donors (Lipinski definition) is 2. The van der Waals surface area contributed by atoms with E-state index >= 15 is 0 Å². The predicted octanol–water partition coefficient (Wildman–Crippen LogP) is 1.96. The van der Waals surface area contributed by atoms with Gasteiger partial charge in [-0.05, 0) is 29.7 Å². The van der Waals surface area contributed by atoms with Gasteiger partial charge in [-0.2, -0.15) is 0 Å². The molecule has 0 saturated carbocycles. The molecule has 0 radical (unpaired) electrons. The van der Waals surface area contributed by atoms with Gasteiger partial charge in [-0.3, -0.25) is 14.4 Å². The second-order valence-electron chi connectivity index (χ2n) is 6.13. The number of amides is 2. The largest absolute Gasteiger partial charge is 0.454 e. The Morgan fingerprint density at radius 3 is 2.54 bits per heavy atom. The van der Waals surface area contributed by atoms with E-state index in [9.17, 15) is 14.4 Å². The molecular weight excluding hydrogens is 332 g/mol. The maximum atomic E-state index is 12.1. The summed E-state index contributed by atoms with van der Waals surface area (Å²) in [5.41, 5.74) is 0.891. The first-order valence-electron chi connectivity index (χ1n) is 8.68. The second-order valence-corrected chi connectivity index (χ2v) is 6.13. The summed E-state index contributed by atoms with van der Waals surface area (Å²) in [6.07, 6.45) is 0.965. The minimum absolute atomic E-state index is 0.0293. The summed E-state index contributed by atoms with van der Waals surface area (Å²) < 4.78 is 4.85. The quantitative estimate of drug-likeness (QED) is 0.708. The zero-order chi connectivity index (χ0) is 18.9. The average molecular weight is 356 g/mol. The first kappa shape index (κ1) is 19.4. The van der Waals surface area contributed by atoms with Gasteiger partial charge in [0.25, 0.3) is 5.91 Å². The SMILES string of the molecule is CC[C@H](C)NC(=O)COC(=O)CNC(=O)Cc1cccc2ccccc12. The molecule has 1 atom stereocenters. The molecule has 6 nitrogen and oxygen atoms in total. The van der Waals surface area contributed by atoms with Crippen molar-refractivity contribution in [2.75, 3.05) is 13.2 Å². The molecule has 0 fully saturated rings. The first-order chi connectivity index (χ1) is 12.5. The fourth-order valence-corrected chi connectivity index (χ4v) is 2.47. The number of nitrogens with one attached hydrogen (secondary N) is 2. The van der Waals surface area contributed by atoms with Crippen molar-refractivity contribution in [3.05, 3.63) is 48.0 Å². The predicted molar refractivity (Wildman–Crippen MR) is 99.5 cm³/mol. The zero-order valence-corrected chi connectivity index (χ0v) is 15.1. The molecule has 0 spiro atoms. The number of rotatable bonds is 8. The van der Waals surface area contributed by atoms with Crippen LogP contribution >= 0.6 is 0 Å². The number of ether oxygens (including phenoxy) is 1. The van der Waals surface area contributed by atoms with Crippen molar-refractivity contribution in [2.45, 2.75) is 32.7 Å². The lowest BCUT2D eigenvalue weighted by Crippen LogP contribution is -2.37. The van der Waals surface area contributed by atoms with Gasteiger partial charge in [0, 0.05) is 6.04 Å². The standard InChI is InChI=1S/C20H24N2O4/c1-3-14(2)22-19(24)13-26-20(25)12-21-18(23)11-16-9-6-8-15-7-4-5-10-17(15)16/h4-10,14H,3,11-13H2,1-2H3,(H,21,23)(H,22,24)/t14-/m0/s1. The van der Waals surface area contributed by atoms with Crippen LogP contribution in [0.4, 0.5) is 0 Å². The molecule has 0 aliphatic rings. The molecule has 2 aromatic rings. The van der Waals surface area contributed by atoms with Crippen molar-refractivity contribution >= 4 is 28.6 Å². The van der Waals surface area contributed by atoms with E-state index in [0.717, 1.165) is 22.8 Å². The van der Waals surface area contributed by atoms with Crippen molar-refractivity contribution in [1.82, 2.24) is 10.6 Å². The number of esters is 1. The van der Waals surface area contributed by atoms with Gasteiger partial charge >= 0.3 is 5.97 Å². The van der Waals surface area contributed by atoms with Crippen molar-refractivity contribution in [3.63, 3.8) is 0 Å². The highest BCUT2D eigenvalue weighted by Crippen LogP contribution is 2.18. The highest BCUT2D eigenvalue weighted by atomic mass is 16.5. The van der Waals surface area contributed by atoms with Crippen LogP contribution in [-0.4, -0.2) is 37.0 Å². The average Bonchev–Trinajstić information content (AvgIpc) is 2.65. The van der Waals surface area contributed by atoms with E-state index in [1.165, 1.54) is 0 Å². The molecule has 0 aliphatic carbocycles. The molecule has 0 aliphatic heterocycles. The third kappa shape index (κ3) is 5.88. The summed E-state index contributed by atoms with van der Waals surface area (Å²) in [4.78, 5) is 35.3. The molecule has 0 bridgehead atoms. The van der Waals surface area contributed by atoms with Crippen LogP contribution in [0.25, 0.3) is 10.8 Å². The van der Waals surface area contributed by atoms with Crippen LogP contribution in [0.1, 0.15) is 25.8 Å². The maximum absolute atomic E-state index is 12.1. The van der Waals surface area contributed by atoms with Gasteiger partial charge in [-0.15, -0.1) is 0 Å². The summed E-state index contributed by atoms with van der Waals surface area (Å²) in [7, 11) is 0. The second kappa shape index (κ2) is 9.56. The highest BCUT2D eigenvalue weighted by Gasteiger charge is 2.12. The molecule has 2 amide bonds. The van der Waals surface area contributed by atoms with Crippen molar-refractivity contribution in [3.8, 4) is 0 Å². The zero-order valence-electron chi connectivity index (χ0n) is 15.1. The summed E-state index contributed by atoms with van der Waals surface area (Å²) in [6, 6.07) is 13.6. The van der Waals surface area contributed by atoms with Crippen LogP contribution in [0.5, 0.6) is 0 Å². The topological polar surface area (TPSA) is 84.5 Å². The van der Waals surface area contributed by atoms with Gasteiger partial charge in [-0.1, -0.05) is 49.4 Å². The monoisotopic (exact) mass is 356 g/mol. The van der Waals surface area contributed by atoms with Crippen LogP contribution in [0, 0.1) is 0 Å². The lowest BCUT2D eigenvalue weighted by Gasteiger charge is -2.11. The Morgan fingerprint density at radius 1 is 1.04 bits per heavy atom. The molecule has 26 heavy (non-hydrogen) atoms. The fourth-order valence-electron chi connectivity index (χ4n) is 2.47. The van der Waals surface area contributed by atoms with Crippen LogP contribution in [-0.2, 0) is 25.5 Å². The Balaban J connectivity index is 1.78. The highest BCUT2D eigenvalue weighted by molar-refractivity contribution is 5.91. The third-order valence-electron chi connectivity index (χ3n) is 4.04. The fraction of sp³-hybridized carbons (Fsp3) is 0.350. The Hall–Kier alpha value is -2.89.